The summed E-state index contributed by atoms with van der Waals surface area (Å²) in [5, 5.41) is 0. The predicted molar refractivity (Wildman–Crippen MR) is 50.2 cm³/mol. The Balaban J connectivity index is 2.96. The Hall–Kier alpha value is -0.871. The molecule has 3 heteroatoms. The van der Waals surface area contributed by atoms with Crippen molar-refractivity contribution in [2.45, 2.75) is 9.88 Å². The van der Waals surface area contributed by atoms with E-state index in [1.54, 1.807) is 12.5 Å². The summed E-state index contributed by atoms with van der Waals surface area (Å²) in [6.45, 7) is 0. The second-order valence-electron chi connectivity index (χ2n) is 2.86. The van der Waals surface area contributed by atoms with Gasteiger partial charge in [0.15, 0.2) is 0 Å². The molecule has 1 rings (SSSR count). The zero-order chi connectivity index (χ0) is 9.03. The van der Waals surface area contributed by atoms with E-state index in [0.717, 1.165) is 3.91 Å². The van der Waals surface area contributed by atoms with Crippen LogP contribution < -0.4 is 3.91 Å². The van der Waals surface area contributed by atoms with Gasteiger partial charge in [0.05, 0.1) is 0 Å². The second kappa shape index (κ2) is 3.69. The van der Waals surface area contributed by atoms with E-state index in [1.165, 1.54) is 0 Å². The van der Waals surface area contributed by atoms with Crippen LogP contribution in [-0.2, 0) is 0 Å². The van der Waals surface area contributed by atoms with Crippen LogP contribution in [0.4, 0.5) is 0 Å². The molecular formula is C9H9NOSn. The molecule has 2 nitrogen and oxygen atoms in total. The number of oxazole rings is 1. The molecule has 0 radical (unpaired) electrons. The van der Waals surface area contributed by atoms with Crippen molar-refractivity contribution >= 4 is 22.3 Å². The van der Waals surface area contributed by atoms with E-state index in [0.29, 0.717) is 0 Å². The Morgan fingerprint density at radius 3 is 2.83 bits per heavy atom. The summed E-state index contributed by atoms with van der Waals surface area (Å²) >= 11 is -2.56. The summed E-state index contributed by atoms with van der Waals surface area (Å²) < 4.78 is 9.08. The van der Waals surface area contributed by atoms with E-state index in [2.05, 4.69) is 30.6 Å². The van der Waals surface area contributed by atoms with Crippen molar-refractivity contribution in [2.75, 3.05) is 0 Å². The third-order valence-electron chi connectivity index (χ3n) is 1.41. The first kappa shape index (κ1) is 9.22. The van der Waals surface area contributed by atoms with Crippen LogP contribution in [0.3, 0.4) is 0 Å². The maximum absolute atomic E-state index is 5.21. The molecule has 0 unspecified atom stereocenters. The summed E-state index contributed by atoms with van der Waals surface area (Å²) in [6, 6.07) is 0. The Bertz CT molecular complexity index is 348. The molecule has 0 spiro atoms. The summed E-state index contributed by atoms with van der Waals surface area (Å²) in [5.41, 5.74) is 0. The Kier molecular flexibility index (Phi) is 2.83. The van der Waals surface area contributed by atoms with Gasteiger partial charge in [-0.05, 0) is 0 Å². The van der Waals surface area contributed by atoms with Crippen molar-refractivity contribution in [3.8, 4) is 22.2 Å². The molecule has 0 saturated carbocycles. The SMILES string of the molecule is C#CC#[C][Sn]([CH3])([CH3])[c]1ncco1. The molecule has 0 aliphatic rings. The van der Waals surface area contributed by atoms with E-state index in [1.807, 2.05) is 0 Å². The first-order valence-electron chi connectivity index (χ1n) is 3.54. The molecule has 1 aromatic rings. The van der Waals surface area contributed by atoms with Crippen molar-refractivity contribution in [1.82, 2.24) is 4.98 Å². The Labute approximate surface area is 76.3 Å². The molecule has 0 aromatic carbocycles. The first-order valence-corrected chi connectivity index (χ1v) is 12.1. The first-order chi connectivity index (χ1) is 5.67. The van der Waals surface area contributed by atoms with Gasteiger partial charge >= 0.3 is 76.2 Å². The molecule has 0 aliphatic carbocycles. The van der Waals surface area contributed by atoms with Gasteiger partial charge < -0.3 is 0 Å². The molecular weight excluding hydrogens is 257 g/mol. The summed E-state index contributed by atoms with van der Waals surface area (Å²) in [5.74, 6) is 4.96. The zero-order valence-electron chi connectivity index (χ0n) is 7.09. The molecule has 0 fully saturated rings. The van der Waals surface area contributed by atoms with Gasteiger partial charge in [-0.15, -0.1) is 0 Å². The van der Waals surface area contributed by atoms with Gasteiger partial charge in [-0.2, -0.15) is 0 Å². The fourth-order valence-corrected chi connectivity index (χ4v) is 4.35. The number of rotatable bonds is 1. The Morgan fingerprint density at radius 2 is 2.33 bits per heavy atom. The minimum atomic E-state index is -2.56. The molecule has 0 saturated heterocycles. The van der Waals surface area contributed by atoms with Crippen LogP contribution >= 0.6 is 0 Å². The van der Waals surface area contributed by atoms with E-state index in [-0.39, 0.29) is 0 Å². The quantitative estimate of drug-likeness (QED) is 0.554. The van der Waals surface area contributed by atoms with Gasteiger partial charge in [0.25, 0.3) is 0 Å². The molecule has 0 N–H and O–H groups in total. The van der Waals surface area contributed by atoms with Crippen LogP contribution in [0.5, 0.6) is 0 Å². The average Bonchev–Trinajstić information content (AvgIpc) is 2.53. The zero-order valence-corrected chi connectivity index (χ0v) is 9.94. The number of hydrogen-bond acceptors (Lipinski definition) is 2. The summed E-state index contributed by atoms with van der Waals surface area (Å²) in [7, 11) is 0. The number of nitrogens with zero attached hydrogens (tertiary/aromatic N) is 1. The standard InChI is InChI=1S/C4H.C3H2NO.2CH3.Sn/c1-3-4-2;1-2-5-3-4-1;;;/h1H;1-2H;2*1H3;. The van der Waals surface area contributed by atoms with Gasteiger partial charge in [0, 0.05) is 0 Å². The summed E-state index contributed by atoms with van der Waals surface area (Å²) in [4.78, 5) is 8.33. The average molecular weight is 266 g/mol. The van der Waals surface area contributed by atoms with E-state index < -0.39 is 18.4 Å². The van der Waals surface area contributed by atoms with Crippen molar-refractivity contribution in [1.29, 1.82) is 0 Å². The van der Waals surface area contributed by atoms with E-state index in [4.69, 9.17) is 10.8 Å². The van der Waals surface area contributed by atoms with E-state index >= 15 is 0 Å². The molecule has 0 amide bonds. The molecule has 0 aliphatic heterocycles. The van der Waals surface area contributed by atoms with Gasteiger partial charge in [0.1, 0.15) is 0 Å². The molecule has 0 atom stereocenters. The predicted octanol–water partition coefficient (Wildman–Crippen LogP) is 0.766. The second-order valence-corrected chi connectivity index (χ2v) is 14.1. The van der Waals surface area contributed by atoms with Crippen molar-refractivity contribution in [3.63, 3.8) is 0 Å². The van der Waals surface area contributed by atoms with Gasteiger partial charge in [-0.1, -0.05) is 0 Å². The van der Waals surface area contributed by atoms with Crippen LogP contribution in [0, 0.1) is 22.2 Å². The number of aromatic nitrogens is 1. The topological polar surface area (TPSA) is 26.0 Å². The minimum absolute atomic E-state index is 0.798. The fourth-order valence-electron chi connectivity index (χ4n) is 0.778. The molecule has 1 heterocycles. The molecule has 60 valence electrons. The van der Waals surface area contributed by atoms with Gasteiger partial charge in [-0.25, -0.2) is 0 Å². The van der Waals surface area contributed by atoms with Crippen LogP contribution in [0.1, 0.15) is 0 Å². The number of terminal acetylenes is 1. The monoisotopic (exact) mass is 267 g/mol. The van der Waals surface area contributed by atoms with Crippen LogP contribution in [0.25, 0.3) is 0 Å². The van der Waals surface area contributed by atoms with Gasteiger partial charge in [-0.3, -0.25) is 0 Å². The van der Waals surface area contributed by atoms with Crippen LogP contribution in [0.15, 0.2) is 16.9 Å². The Morgan fingerprint density at radius 1 is 1.58 bits per heavy atom. The van der Waals surface area contributed by atoms with Crippen LogP contribution in [0.2, 0.25) is 9.88 Å². The van der Waals surface area contributed by atoms with Crippen molar-refractivity contribution < 1.29 is 4.42 Å². The maximum atomic E-state index is 5.21. The third-order valence-corrected chi connectivity index (χ3v) is 7.31. The third kappa shape index (κ3) is 2.06. The van der Waals surface area contributed by atoms with Gasteiger partial charge in [0.2, 0.25) is 0 Å². The molecule has 0 bridgehead atoms. The normalized spacial score (nSPS) is 9.75. The van der Waals surface area contributed by atoms with E-state index in [9.17, 15) is 0 Å². The van der Waals surface area contributed by atoms with Crippen molar-refractivity contribution in [2.24, 2.45) is 0 Å². The molecule has 12 heavy (non-hydrogen) atoms. The number of hydrogen-bond donors (Lipinski definition) is 0. The van der Waals surface area contributed by atoms with Crippen molar-refractivity contribution in [3.05, 3.63) is 12.5 Å². The summed E-state index contributed by atoms with van der Waals surface area (Å²) in [6.07, 6.45) is 8.27. The fraction of sp³-hybridized carbons (Fsp3) is 0.222. The van der Waals surface area contributed by atoms with Crippen LogP contribution in [-0.4, -0.2) is 23.4 Å². The molecule has 1 aromatic heterocycles.